The van der Waals surface area contributed by atoms with Gasteiger partial charge in [0.2, 0.25) is 0 Å². The molecule has 0 aliphatic carbocycles. The van der Waals surface area contributed by atoms with E-state index in [2.05, 4.69) is 4.98 Å². The number of ether oxygens (including phenoxy) is 2. The van der Waals surface area contributed by atoms with E-state index in [1.807, 2.05) is 18.3 Å². The van der Waals surface area contributed by atoms with Gasteiger partial charge in [-0.2, -0.15) is 0 Å². The zero-order chi connectivity index (χ0) is 13.8. The van der Waals surface area contributed by atoms with Crippen LogP contribution in [0.2, 0.25) is 5.02 Å². The third-order valence-corrected chi connectivity index (χ3v) is 3.87. The number of methoxy groups -OCH3 is 2. The van der Waals surface area contributed by atoms with Crippen molar-refractivity contribution in [1.29, 1.82) is 0 Å². The van der Waals surface area contributed by atoms with E-state index in [9.17, 15) is 0 Å². The Kier molecular flexibility index (Phi) is 4.63. The van der Waals surface area contributed by atoms with Crippen LogP contribution in [0.1, 0.15) is 16.5 Å². The molecule has 0 saturated carbocycles. The number of rotatable bonds is 5. The average Bonchev–Trinajstić information content (AvgIpc) is 2.90. The van der Waals surface area contributed by atoms with E-state index < -0.39 is 0 Å². The van der Waals surface area contributed by atoms with Crippen LogP contribution in [-0.4, -0.2) is 19.2 Å². The number of hydrogen-bond acceptors (Lipinski definition) is 5. The summed E-state index contributed by atoms with van der Waals surface area (Å²) in [5.74, 6) is 1.11. The Hall–Kier alpha value is -1.30. The molecule has 0 aliphatic heterocycles. The number of thiazole rings is 1. The minimum atomic E-state index is -0.155. The molecule has 1 atom stereocenters. The smallest absolute Gasteiger partial charge is 0.179 e. The van der Waals surface area contributed by atoms with Gasteiger partial charge in [0.1, 0.15) is 0 Å². The van der Waals surface area contributed by atoms with Crippen LogP contribution in [0, 0.1) is 0 Å². The number of nitrogens with two attached hydrogens (primary N) is 1. The van der Waals surface area contributed by atoms with Crippen molar-refractivity contribution in [2.24, 2.45) is 5.73 Å². The molecule has 2 rings (SSSR count). The monoisotopic (exact) mass is 298 g/mol. The molecule has 2 aromatic rings. The third-order valence-electron chi connectivity index (χ3n) is 2.79. The summed E-state index contributed by atoms with van der Waals surface area (Å²) in [4.78, 5) is 5.18. The molecule has 4 nitrogen and oxygen atoms in total. The fraction of sp³-hybridized carbons (Fsp3) is 0.308. The summed E-state index contributed by atoms with van der Waals surface area (Å²) in [6.07, 6.45) is 2.55. The van der Waals surface area contributed by atoms with Crippen molar-refractivity contribution < 1.29 is 9.47 Å². The molecule has 1 heterocycles. The Labute approximate surface area is 121 Å². The molecule has 1 aromatic heterocycles. The van der Waals surface area contributed by atoms with Gasteiger partial charge in [-0.15, -0.1) is 11.3 Å². The minimum Gasteiger partial charge on any atom is -0.493 e. The molecule has 0 spiro atoms. The van der Waals surface area contributed by atoms with Crippen LogP contribution < -0.4 is 15.2 Å². The molecular weight excluding hydrogens is 284 g/mol. The highest BCUT2D eigenvalue weighted by molar-refractivity contribution is 7.09. The summed E-state index contributed by atoms with van der Waals surface area (Å²) < 4.78 is 10.5. The van der Waals surface area contributed by atoms with Crippen molar-refractivity contribution in [3.05, 3.63) is 39.3 Å². The first-order valence-corrected chi connectivity index (χ1v) is 6.95. The largest absolute Gasteiger partial charge is 0.493 e. The van der Waals surface area contributed by atoms with Crippen molar-refractivity contribution in [2.75, 3.05) is 14.2 Å². The third kappa shape index (κ3) is 3.18. The fourth-order valence-electron chi connectivity index (χ4n) is 1.83. The summed E-state index contributed by atoms with van der Waals surface area (Å²) in [6, 6.07) is 3.52. The standard InChI is InChI=1S/C13H15ClN2O2S/c1-17-12-4-8(3-10(14)13(12)18-2)11(15)5-9-6-16-7-19-9/h3-4,6-7,11H,5,15H2,1-2H3. The first kappa shape index (κ1) is 14.1. The Morgan fingerprint density at radius 3 is 2.74 bits per heavy atom. The highest BCUT2D eigenvalue weighted by atomic mass is 35.5. The van der Waals surface area contributed by atoms with E-state index in [1.54, 1.807) is 31.1 Å². The second kappa shape index (κ2) is 6.23. The van der Waals surface area contributed by atoms with Gasteiger partial charge in [0.25, 0.3) is 0 Å². The van der Waals surface area contributed by atoms with Crippen LogP contribution >= 0.6 is 22.9 Å². The molecule has 6 heteroatoms. The maximum absolute atomic E-state index is 6.19. The minimum absolute atomic E-state index is 0.155. The van der Waals surface area contributed by atoms with Gasteiger partial charge in [0.15, 0.2) is 11.5 Å². The predicted molar refractivity (Wildman–Crippen MR) is 77.3 cm³/mol. The molecule has 0 bridgehead atoms. The van der Waals surface area contributed by atoms with Crippen LogP contribution in [0.3, 0.4) is 0 Å². The molecule has 0 fully saturated rings. The Morgan fingerprint density at radius 2 is 2.16 bits per heavy atom. The summed E-state index contributed by atoms with van der Waals surface area (Å²) in [5, 5.41) is 0.497. The first-order chi connectivity index (χ1) is 9.15. The van der Waals surface area contributed by atoms with Crippen molar-refractivity contribution in [3.63, 3.8) is 0 Å². The van der Waals surface area contributed by atoms with Gasteiger partial charge < -0.3 is 15.2 Å². The quantitative estimate of drug-likeness (QED) is 0.922. The Bertz CT molecular complexity index is 546. The van der Waals surface area contributed by atoms with E-state index in [1.165, 1.54) is 0 Å². The van der Waals surface area contributed by atoms with Crippen LogP contribution in [0.4, 0.5) is 0 Å². The van der Waals surface area contributed by atoms with Crippen molar-refractivity contribution in [1.82, 2.24) is 4.98 Å². The summed E-state index contributed by atoms with van der Waals surface area (Å²) >= 11 is 7.76. The van der Waals surface area contributed by atoms with Gasteiger partial charge in [-0.3, -0.25) is 4.98 Å². The number of benzene rings is 1. The molecule has 1 aromatic carbocycles. The van der Waals surface area contributed by atoms with Crippen molar-refractivity contribution in [2.45, 2.75) is 12.5 Å². The average molecular weight is 299 g/mol. The van der Waals surface area contributed by atoms with Crippen molar-refractivity contribution >= 4 is 22.9 Å². The lowest BCUT2D eigenvalue weighted by Gasteiger charge is -2.15. The Morgan fingerprint density at radius 1 is 1.37 bits per heavy atom. The van der Waals surface area contributed by atoms with Gasteiger partial charge in [-0.1, -0.05) is 11.6 Å². The highest BCUT2D eigenvalue weighted by Crippen LogP contribution is 2.37. The second-order valence-corrected chi connectivity index (χ2v) is 5.39. The summed E-state index contributed by atoms with van der Waals surface area (Å²) in [6.45, 7) is 0. The lowest BCUT2D eigenvalue weighted by Crippen LogP contribution is -2.13. The lowest BCUT2D eigenvalue weighted by atomic mass is 10.0. The highest BCUT2D eigenvalue weighted by Gasteiger charge is 2.15. The first-order valence-electron chi connectivity index (χ1n) is 5.70. The van der Waals surface area contributed by atoms with Crippen LogP contribution in [0.25, 0.3) is 0 Å². The second-order valence-electron chi connectivity index (χ2n) is 4.02. The van der Waals surface area contributed by atoms with Gasteiger partial charge in [0.05, 0.1) is 24.8 Å². The molecule has 0 saturated heterocycles. The molecule has 1 unspecified atom stereocenters. The molecule has 0 aliphatic rings. The van der Waals surface area contributed by atoms with E-state index in [0.29, 0.717) is 16.5 Å². The molecule has 2 N–H and O–H groups in total. The zero-order valence-electron chi connectivity index (χ0n) is 10.7. The maximum atomic E-state index is 6.19. The normalized spacial score (nSPS) is 12.2. The molecule has 0 radical (unpaired) electrons. The summed E-state index contributed by atoms with van der Waals surface area (Å²) in [7, 11) is 3.13. The van der Waals surface area contributed by atoms with Gasteiger partial charge >= 0.3 is 0 Å². The zero-order valence-corrected chi connectivity index (χ0v) is 12.3. The topological polar surface area (TPSA) is 57.4 Å². The van der Waals surface area contributed by atoms with Gasteiger partial charge in [0, 0.05) is 23.5 Å². The van der Waals surface area contributed by atoms with E-state index in [4.69, 9.17) is 26.8 Å². The number of nitrogens with zero attached hydrogens (tertiary/aromatic N) is 1. The predicted octanol–water partition coefficient (Wildman–Crippen LogP) is 3.06. The molecular formula is C13H15ClN2O2S. The van der Waals surface area contributed by atoms with E-state index in [-0.39, 0.29) is 6.04 Å². The van der Waals surface area contributed by atoms with Gasteiger partial charge in [-0.05, 0) is 17.7 Å². The lowest BCUT2D eigenvalue weighted by molar-refractivity contribution is 0.354. The van der Waals surface area contributed by atoms with Gasteiger partial charge in [-0.25, -0.2) is 0 Å². The van der Waals surface area contributed by atoms with E-state index >= 15 is 0 Å². The molecule has 19 heavy (non-hydrogen) atoms. The maximum Gasteiger partial charge on any atom is 0.179 e. The Balaban J connectivity index is 2.27. The van der Waals surface area contributed by atoms with Crippen LogP contribution in [0.15, 0.2) is 23.8 Å². The SMILES string of the molecule is COc1cc(C(N)Cc2cncs2)cc(Cl)c1OC. The number of halogens is 1. The van der Waals surface area contributed by atoms with Crippen LogP contribution in [0.5, 0.6) is 11.5 Å². The molecule has 102 valence electrons. The number of aromatic nitrogens is 1. The number of hydrogen-bond donors (Lipinski definition) is 1. The summed E-state index contributed by atoms with van der Waals surface area (Å²) in [5.41, 5.74) is 8.90. The van der Waals surface area contributed by atoms with E-state index in [0.717, 1.165) is 16.9 Å². The fourth-order valence-corrected chi connectivity index (χ4v) is 2.78. The van der Waals surface area contributed by atoms with Crippen molar-refractivity contribution in [3.8, 4) is 11.5 Å². The van der Waals surface area contributed by atoms with Crippen LogP contribution in [-0.2, 0) is 6.42 Å². The molecule has 0 amide bonds.